The van der Waals surface area contributed by atoms with Gasteiger partial charge in [0.25, 0.3) is 0 Å². The number of nitrogens with one attached hydrogen (secondary N) is 1. The summed E-state index contributed by atoms with van der Waals surface area (Å²) in [4.78, 5) is 0. The number of hydrogen-bond acceptors (Lipinski definition) is 1. The highest BCUT2D eigenvalue weighted by atomic mass is 35.5. The third-order valence-electron chi connectivity index (χ3n) is 2.59. The minimum atomic E-state index is 0.171. The molecular weight excluding hydrogens is 158 g/mol. The van der Waals surface area contributed by atoms with Crippen molar-refractivity contribution in [1.29, 1.82) is 0 Å². The summed E-state index contributed by atoms with van der Waals surface area (Å²) in [5.41, 5.74) is 0.171. The lowest BCUT2D eigenvalue weighted by Crippen LogP contribution is -2.44. The lowest BCUT2D eigenvalue weighted by atomic mass is 10.0. The molecule has 1 aliphatic rings. The van der Waals surface area contributed by atoms with Gasteiger partial charge in [-0.3, -0.25) is 0 Å². The molecule has 0 amide bonds. The van der Waals surface area contributed by atoms with Crippen molar-refractivity contribution in [3.8, 4) is 0 Å². The van der Waals surface area contributed by atoms with Crippen LogP contribution in [0.2, 0.25) is 0 Å². The van der Waals surface area contributed by atoms with E-state index in [9.17, 15) is 0 Å². The quantitative estimate of drug-likeness (QED) is 0.633. The maximum absolute atomic E-state index is 5.85. The monoisotopic (exact) mass is 175 g/mol. The molecular formula is C9H18ClN. The van der Waals surface area contributed by atoms with Crippen LogP contribution in [0.5, 0.6) is 0 Å². The van der Waals surface area contributed by atoms with Crippen LogP contribution >= 0.6 is 11.6 Å². The van der Waals surface area contributed by atoms with Crippen molar-refractivity contribution in [2.45, 2.75) is 38.6 Å². The number of hydrogen-bond donors (Lipinski definition) is 1. The van der Waals surface area contributed by atoms with Crippen LogP contribution in [0.1, 0.15) is 33.1 Å². The first-order valence-corrected chi connectivity index (χ1v) is 5.04. The first kappa shape index (κ1) is 9.34. The molecule has 0 aromatic carbocycles. The van der Waals surface area contributed by atoms with E-state index in [0.717, 1.165) is 24.8 Å². The number of rotatable bonds is 5. The summed E-state index contributed by atoms with van der Waals surface area (Å²) in [6, 6.07) is 0. The molecule has 0 spiro atoms. The Morgan fingerprint density at radius 3 is 2.55 bits per heavy atom. The van der Waals surface area contributed by atoms with Crippen molar-refractivity contribution in [2.75, 3.05) is 12.4 Å². The van der Waals surface area contributed by atoms with Crippen molar-refractivity contribution < 1.29 is 0 Å². The lowest BCUT2D eigenvalue weighted by Gasteiger charge is -2.27. The average Bonchev–Trinajstić information content (AvgIpc) is 2.83. The Balaban J connectivity index is 2.18. The van der Waals surface area contributed by atoms with Crippen LogP contribution in [0.15, 0.2) is 0 Å². The van der Waals surface area contributed by atoms with E-state index in [-0.39, 0.29) is 5.54 Å². The van der Waals surface area contributed by atoms with E-state index in [1.165, 1.54) is 12.8 Å². The first-order chi connectivity index (χ1) is 5.20. The maximum atomic E-state index is 5.85. The van der Waals surface area contributed by atoms with Crippen molar-refractivity contribution in [3.05, 3.63) is 0 Å². The Hall–Kier alpha value is 0.250. The molecule has 0 bridgehead atoms. The van der Waals surface area contributed by atoms with E-state index in [0.29, 0.717) is 0 Å². The summed E-state index contributed by atoms with van der Waals surface area (Å²) >= 11 is 5.85. The largest absolute Gasteiger partial charge is 0.310 e. The molecule has 1 fully saturated rings. The fourth-order valence-electron chi connectivity index (χ4n) is 0.979. The highest BCUT2D eigenvalue weighted by Crippen LogP contribution is 2.28. The van der Waals surface area contributed by atoms with Crippen LogP contribution in [0.25, 0.3) is 0 Å². The minimum Gasteiger partial charge on any atom is -0.310 e. The van der Waals surface area contributed by atoms with Gasteiger partial charge in [0.15, 0.2) is 0 Å². The van der Waals surface area contributed by atoms with Crippen LogP contribution in [0.4, 0.5) is 0 Å². The highest BCUT2D eigenvalue weighted by Gasteiger charge is 2.26. The zero-order valence-corrected chi connectivity index (χ0v) is 8.25. The van der Waals surface area contributed by atoms with Crippen LogP contribution in [-0.4, -0.2) is 18.0 Å². The molecule has 0 aliphatic heterocycles. The average molecular weight is 176 g/mol. The van der Waals surface area contributed by atoms with Gasteiger partial charge in [0.1, 0.15) is 0 Å². The molecule has 0 saturated heterocycles. The highest BCUT2D eigenvalue weighted by molar-refractivity contribution is 6.18. The van der Waals surface area contributed by atoms with Crippen molar-refractivity contribution >= 4 is 11.6 Å². The minimum absolute atomic E-state index is 0.171. The Morgan fingerprint density at radius 2 is 2.18 bits per heavy atom. The smallest absolute Gasteiger partial charge is 0.0403 e. The molecule has 1 aliphatic carbocycles. The third-order valence-corrected chi connectivity index (χ3v) is 3.18. The molecule has 1 N–H and O–H groups in total. The molecule has 2 heteroatoms. The van der Waals surface area contributed by atoms with Crippen molar-refractivity contribution in [1.82, 2.24) is 5.32 Å². The normalized spacial score (nSPS) is 23.2. The fraction of sp³-hybridized carbons (Fsp3) is 1.00. The number of alkyl halides is 1. The SMILES string of the molecule is CCC(C)(CCl)NCC1CC1. The van der Waals surface area contributed by atoms with Crippen LogP contribution < -0.4 is 5.32 Å². The van der Waals surface area contributed by atoms with Crippen LogP contribution in [0.3, 0.4) is 0 Å². The van der Waals surface area contributed by atoms with E-state index in [1.54, 1.807) is 0 Å². The second-order valence-electron chi connectivity index (χ2n) is 3.87. The first-order valence-electron chi connectivity index (χ1n) is 4.51. The topological polar surface area (TPSA) is 12.0 Å². The molecule has 1 atom stereocenters. The molecule has 66 valence electrons. The van der Waals surface area contributed by atoms with E-state index in [2.05, 4.69) is 19.2 Å². The fourth-order valence-corrected chi connectivity index (χ4v) is 1.26. The van der Waals surface area contributed by atoms with Crippen molar-refractivity contribution in [2.24, 2.45) is 5.92 Å². The van der Waals surface area contributed by atoms with Gasteiger partial charge in [-0.15, -0.1) is 11.6 Å². The van der Waals surface area contributed by atoms with Gasteiger partial charge in [0, 0.05) is 11.4 Å². The van der Waals surface area contributed by atoms with E-state index in [1.807, 2.05) is 0 Å². The summed E-state index contributed by atoms with van der Waals surface area (Å²) in [6.07, 6.45) is 3.94. The summed E-state index contributed by atoms with van der Waals surface area (Å²) in [5, 5.41) is 3.53. The molecule has 1 nitrogen and oxygen atoms in total. The Bertz CT molecular complexity index is 117. The summed E-state index contributed by atoms with van der Waals surface area (Å²) in [7, 11) is 0. The standard InChI is InChI=1S/C9H18ClN/c1-3-9(2,7-10)11-6-8-4-5-8/h8,11H,3-7H2,1-2H3. The lowest BCUT2D eigenvalue weighted by molar-refractivity contribution is 0.374. The third kappa shape index (κ3) is 3.00. The van der Waals surface area contributed by atoms with E-state index in [4.69, 9.17) is 11.6 Å². The molecule has 1 rings (SSSR count). The zero-order chi connectivity index (χ0) is 8.32. The van der Waals surface area contributed by atoms with Gasteiger partial charge in [0.2, 0.25) is 0 Å². The molecule has 0 aromatic heterocycles. The maximum Gasteiger partial charge on any atom is 0.0403 e. The van der Waals surface area contributed by atoms with Gasteiger partial charge in [0.05, 0.1) is 0 Å². The van der Waals surface area contributed by atoms with Gasteiger partial charge in [-0.2, -0.15) is 0 Å². The molecule has 1 saturated carbocycles. The van der Waals surface area contributed by atoms with Gasteiger partial charge < -0.3 is 5.32 Å². The van der Waals surface area contributed by atoms with E-state index >= 15 is 0 Å². The van der Waals surface area contributed by atoms with Gasteiger partial charge in [-0.05, 0) is 38.6 Å². The second kappa shape index (κ2) is 3.77. The predicted molar refractivity (Wildman–Crippen MR) is 50.1 cm³/mol. The molecule has 0 heterocycles. The van der Waals surface area contributed by atoms with Crippen molar-refractivity contribution in [3.63, 3.8) is 0 Å². The van der Waals surface area contributed by atoms with Gasteiger partial charge >= 0.3 is 0 Å². The Morgan fingerprint density at radius 1 is 1.55 bits per heavy atom. The second-order valence-corrected chi connectivity index (χ2v) is 4.14. The molecule has 0 aromatic rings. The Kier molecular flexibility index (Phi) is 3.20. The number of halogens is 1. The van der Waals surface area contributed by atoms with Gasteiger partial charge in [-0.25, -0.2) is 0 Å². The molecule has 11 heavy (non-hydrogen) atoms. The van der Waals surface area contributed by atoms with Gasteiger partial charge in [-0.1, -0.05) is 6.92 Å². The predicted octanol–water partition coefficient (Wildman–Crippen LogP) is 2.39. The Labute approximate surface area is 74.5 Å². The van der Waals surface area contributed by atoms with E-state index < -0.39 is 0 Å². The zero-order valence-electron chi connectivity index (χ0n) is 7.49. The van der Waals surface area contributed by atoms with Crippen LogP contribution in [-0.2, 0) is 0 Å². The summed E-state index contributed by atoms with van der Waals surface area (Å²) in [6.45, 7) is 5.54. The van der Waals surface area contributed by atoms with Crippen LogP contribution in [0, 0.1) is 5.92 Å². The molecule has 1 unspecified atom stereocenters. The molecule has 0 radical (unpaired) electrons. The summed E-state index contributed by atoms with van der Waals surface area (Å²) < 4.78 is 0. The summed E-state index contributed by atoms with van der Waals surface area (Å²) in [5.74, 6) is 1.67.